The van der Waals surface area contributed by atoms with Gasteiger partial charge in [0.2, 0.25) is 5.91 Å². The minimum Gasteiger partial charge on any atom is -0.368 e. The zero-order chi connectivity index (χ0) is 8.69. The van der Waals surface area contributed by atoms with Crippen LogP contribution in [0.3, 0.4) is 0 Å². The van der Waals surface area contributed by atoms with Crippen LogP contribution in [-0.2, 0) is 4.79 Å². The lowest BCUT2D eigenvalue weighted by Crippen LogP contribution is -2.39. The van der Waals surface area contributed by atoms with Gasteiger partial charge in [0.05, 0.1) is 6.04 Å². The zero-order valence-electron chi connectivity index (χ0n) is 6.97. The van der Waals surface area contributed by atoms with Gasteiger partial charge >= 0.3 is 0 Å². The Bertz CT molecular complexity index is 116. The number of nitrogens with two attached hydrogens (primary N) is 2. The van der Waals surface area contributed by atoms with Crippen molar-refractivity contribution in [1.29, 1.82) is 0 Å². The van der Waals surface area contributed by atoms with Crippen LogP contribution in [0.1, 0.15) is 19.3 Å². The summed E-state index contributed by atoms with van der Waals surface area (Å²) in [4.78, 5) is 10.7. The van der Waals surface area contributed by atoms with E-state index in [-0.39, 0.29) is 11.9 Å². The molecule has 0 aliphatic carbocycles. The number of carbonyl (C=O) groups is 1. The number of carbonyl (C=O) groups excluding carboxylic acids is 1. The summed E-state index contributed by atoms with van der Waals surface area (Å²) in [6, 6.07) is -0.193. The molecule has 4 nitrogen and oxygen atoms in total. The zero-order valence-corrected chi connectivity index (χ0v) is 6.97. The van der Waals surface area contributed by atoms with Gasteiger partial charge in [0, 0.05) is 0 Å². The lowest BCUT2D eigenvalue weighted by Gasteiger charge is -2.10. The first-order chi connectivity index (χ1) is 5.22. The van der Waals surface area contributed by atoms with Gasteiger partial charge in [-0.15, -0.1) is 0 Å². The molecule has 0 spiro atoms. The van der Waals surface area contributed by atoms with Crippen molar-refractivity contribution in [3.8, 4) is 0 Å². The van der Waals surface area contributed by atoms with Crippen LogP contribution in [0.15, 0.2) is 0 Å². The minimum absolute atomic E-state index is 0.193. The number of likely N-dealkylation sites (N-methyl/N-ethyl adjacent to an activating group) is 1. The third-order valence-corrected chi connectivity index (χ3v) is 1.64. The number of rotatable bonds is 6. The average molecular weight is 159 g/mol. The van der Waals surface area contributed by atoms with E-state index >= 15 is 0 Å². The molecule has 11 heavy (non-hydrogen) atoms. The van der Waals surface area contributed by atoms with Crippen LogP contribution in [0, 0.1) is 0 Å². The summed E-state index contributed by atoms with van der Waals surface area (Å²) < 4.78 is 0. The highest BCUT2D eigenvalue weighted by atomic mass is 16.1. The van der Waals surface area contributed by atoms with Crippen molar-refractivity contribution in [2.75, 3.05) is 13.6 Å². The van der Waals surface area contributed by atoms with Crippen molar-refractivity contribution in [2.24, 2.45) is 11.5 Å². The van der Waals surface area contributed by atoms with Gasteiger partial charge in [-0.05, 0) is 26.4 Å². The summed E-state index contributed by atoms with van der Waals surface area (Å²) >= 11 is 0. The first kappa shape index (κ1) is 10.4. The Morgan fingerprint density at radius 2 is 2.18 bits per heavy atom. The van der Waals surface area contributed by atoms with Crippen LogP contribution in [0.2, 0.25) is 0 Å². The fraction of sp³-hybridized carbons (Fsp3) is 0.857. The molecule has 0 aliphatic rings. The molecule has 1 atom stereocenters. The highest BCUT2D eigenvalue weighted by molar-refractivity contribution is 5.79. The Morgan fingerprint density at radius 1 is 1.55 bits per heavy atom. The standard InChI is InChI=1S/C7H17N3O/c1-10-6(7(9)11)4-2-3-5-8/h6,10H,2-5,8H2,1H3,(H2,9,11)/t6-/m0/s1. The van der Waals surface area contributed by atoms with E-state index in [1.807, 2.05) is 0 Å². The second kappa shape index (κ2) is 6.12. The molecule has 0 saturated carbocycles. The molecule has 0 fully saturated rings. The molecule has 0 aromatic rings. The molecule has 0 aromatic heterocycles. The second-order valence-corrected chi connectivity index (χ2v) is 2.53. The van der Waals surface area contributed by atoms with Crippen LogP contribution in [0.25, 0.3) is 0 Å². The molecule has 0 rings (SSSR count). The van der Waals surface area contributed by atoms with E-state index in [1.54, 1.807) is 7.05 Å². The molecule has 66 valence electrons. The number of amides is 1. The normalized spacial score (nSPS) is 12.9. The highest BCUT2D eigenvalue weighted by Crippen LogP contribution is 1.98. The van der Waals surface area contributed by atoms with Gasteiger partial charge in [-0.2, -0.15) is 0 Å². The third-order valence-electron chi connectivity index (χ3n) is 1.64. The Hall–Kier alpha value is -0.610. The van der Waals surface area contributed by atoms with Crippen molar-refractivity contribution >= 4 is 5.91 Å². The quantitative estimate of drug-likeness (QED) is 0.443. The topological polar surface area (TPSA) is 81.1 Å². The lowest BCUT2D eigenvalue weighted by molar-refractivity contribution is -0.120. The number of unbranched alkanes of at least 4 members (excludes halogenated alkanes) is 1. The molecule has 0 aliphatic heterocycles. The summed E-state index contributed by atoms with van der Waals surface area (Å²) in [6.07, 6.45) is 2.68. The highest BCUT2D eigenvalue weighted by Gasteiger charge is 2.10. The van der Waals surface area contributed by atoms with E-state index < -0.39 is 0 Å². The first-order valence-electron chi connectivity index (χ1n) is 3.89. The van der Waals surface area contributed by atoms with Gasteiger partial charge in [-0.25, -0.2) is 0 Å². The van der Waals surface area contributed by atoms with Crippen LogP contribution in [0.5, 0.6) is 0 Å². The first-order valence-corrected chi connectivity index (χ1v) is 3.89. The van der Waals surface area contributed by atoms with E-state index in [4.69, 9.17) is 11.5 Å². The van der Waals surface area contributed by atoms with Gasteiger partial charge in [-0.3, -0.25) is 4.79 Å². The Labute approximate surface area is 67.3 Å². The Kier molecular flexibility index (Phi) is 5.78. The number of hydrogen-bond donors (Lipinski definition) is 3. The molecule has 0 unspecified atom stereocenters. The maximum atomic E-state index is 10.7. The third kappa shape index (κ3) is 4.75. The lowest BCUT2D eigenvalue weighted by atomic mass is 10.1. The van der Waals surface area contributed by atoms with E-state index in [0.717, 1.165) is 19.3 Å². The van der Waals surface area contributed by atoms with Gasteiger partial charge < -0.3 is 16.8 Å². The summed E-state index contributed by atoms with van der Waals surface area (Å²) in [5, 5.41) is 2.85. The van der Waals surface area contributed by atoms with Gasteiger partial charge in [0.1, 0.15) is 0 Å². The van der Waals surface area contributed by atoms with Crippen LogP contribution in [0.4, 0.5) is 0 Å². The predicted octanol–water partition coefficient (Wildman–Crippen LogP) is -0.811. The molecule has 0 radical (unpaired) electrons. The SMILES string of the molecule is CN[C@@H](CCCCN)C(N)=O. The molecular weight excluding hydrogens is 142 g/mol. The van der Waals surface area contributed by atoms with Crippen LogP contribution < -0.4 is 16.8 Å². The van der Waals surface area contributed by atoms with Gasteiger partial charge in [0.25, 0.3) is 0 Å². The fourth-order valence-corrected chi connectivity index (χ4v) is 0.922. The van der Waals surface area contributed by atoms with Crippen molar-refractivity contribution < 1.29 is 4.79 Å². The number of hydrogen-bond acceptors (Lipinski definition) is 3. The van der Waals surface area contributed by atoms with Crippen molar-refractivity contribution in [3.63, 3.8) is 0 Å². The molecule has 0 aromatic carbocycles. The Morgan fingerprint density at radius 3 is 2.55 bits per heavy atom. The maximum absolute atomic E-state index is 10.7. The van der Waals surface area contributed by atoms with Gasteiger partial charge in [-0.1, -0.05) is 6.42 Å². The van der Waals surface area contributed by atoms with Crippen molar-refractivity contribution in [1.82, 2.24) is 5.32 Å². The Balaban J connectivity index is 3.44. The maximum Gasteiger partial charge on any atom is 0.234 e. The summed E-state index contributed by atoms with van der Waals surface area (Å²) in [7, 11) is 1.73. The predicted molar refractivity (Wildman–Crippen MR) is 44.9 cm³/mol. The van der Waals surface area contributed by atoms with Crippen LogP contribution in [-0.4, -0.2) is 25.5 Å². The van der Waals surface area contributed by atoms with Crippen LogP contribution >= 0.6 is 0 Å². The van der Waals surface area contributed by atoms with E-state index in [0.29, 0.717) is 6.54 Å². The number of nitrogens with one attached hydrogen (secondary N) is 1. The second-order valence-electron chi connectivity index (χ2n) is 2.53. The molecule has 4 heteroatoms. The molecular formula is C7H17N3O. The van der Waals surface area contributed by atoms with Gasteiger partial charge in [0.15, 0.2) is 0 Å². The smallest absolute Gasteiger partial charge is 0.234 e. The van der Waals surface area contributed by atoms with Crippen molar-refractivity contribution in [3.05, 3.63) is 0 Å². The van der Waals surface area contributed by atoms with Crippen molar-refractivity contribution in [2.45, 2.75) is 25.3 Å². The summed E-state index contributed by atoms with van der Waals surface area (Å²) in [6.45, 7) is 0.676. The van der Waals surface area contributed by atoms with E-state index in [9.17, 15) is 4.79 Å². The summed E-state index contributed by atoms with van der Waals surface area (Å²) in [5.41, 5.74) is 10.4. The fourth-order valence-electron chi connectivity index (χ4n) is 0.922. The van der Waals surface area contributed by atoms with E-state index in [2.05, 4.69) is 5.32 Å². The molecule has 0 bridgehead atoms. The molecule has 0 saturated heterocycles. The molecule has 0 heterocycles. The molecule has 1 amide bonds. The minimum atomic E-state index is -0.287. The molecule has 5 N–H and O–H groups in total. The summed E-state index contributed by atoms with van der Waals surface area (Å²) in [5.74, 6) is -0.287. The average Bonchev–Trinajstić information content (AvgIpc) is 1.97. The monoisotopic (exact) mass is 159 g/mol. The number of primary amides is 1. The van der Waals surface area contributed by atoms with E-state index in [1.165, 1.54) is 0 Å². The largest absolute Gasteiger partial charge is 0.368 e.